The summed E-state index contributed by atoms with van der Waals surface area (Å²) in [5.41, 5.74) is 0.342. The Morgan fingerprint density at radius 2 is 1.62 bits per heavy atom. The van der Waals surface area contributed by atoms with E-state index in [1.54, 1.807) is 0 Å². The summed E-state index contributed by atoms with van der Waals surface area (Å²) in [7, 11) is -3.99. The molecule has 2 fully saturated rings. The smallest absolute Gasteiger partial charge is 0.306 e. The molecule has 4 N–H and O–H groups in total. The van der Waals surface area contributed by atoms with Crippen molar-refractivity contribution in [2.75, 3.05) is 19.3 Å². The van der Waals surface area contributed by atoms with Crippen molar-refractivity contribution in [2.24, 2.45) is 11.8 Å². The number of hydrogen-bond acceptors (Lipinski definition) is 10. The highest BCUT2D eigenvalue weighted by molar-refractivity contribution is 7.92. The zero-order valence-corrected chi connectivity index (χ0v) is 33.6. The Morgan fingerprint density at radius 1 is 0.945 bits per heavy atom. The van der Waals surface area contributed by atoms with Crippen LogP contribution < -0.4 is 16.0 Å². The number of nitrogens with zero attached hydrogens (tertiary/aromatic N) is 2. The zero-order chi connectivity index (χ0) is 40.6. The van der Waals surface area contributed by atoms with Gasteiger partial charge in [-0.25, -0.2) is 8.42 Å². The number of sulfone groups is 1. The summed E-state index contributed by atoms with van der Waals surface area (Å²) < 4.78 is 30.6. The number of likely N-dealkylation sites (tertiary alicyclic amines) is 1. The number of carbonyl (C=O) groups is 5. The molecule has 302 valence electrons. The molecule has 1 saturated carbocycles. The minimum Gasteiger partial charge on any atom is -0.481 e. The number of aromatic nitrogens is 1. The molecule has 6 atom stereocenters. The van der Waals surface area contributed by atoms with Crippen LogP contribution in [0, 0.1) is 11.8 Å². The van der Waals surface area contributed by atoms with Crippen LogP contribution in [0.5, 0.6) is 0 Å². The molecule has 1 aromatic heterocycles. The number of nitrogens with one attached hydrogen (secondary N) is 3. The number of carbonyl (C=O) groups excluding carboxylic acids is 4. The fourth-order valence-electron chi connectivity index (χ4n) is 7.43. The topological polar surface area (TPSA) is 201 Å². The predicted octanol–water partition coefficient (Wildman–Crippen LogP) is 3.30. The molecule has 4 rings (SSSR count). The Bertz CT molecular complexity index is 1770. The van der Waals surface area contributed by atoms with Crippen molar-refractivity contribution in [1.29, 1.82) is 0 Å². The number of fused-ring (bicyclic) bond motifs is 1. The minimum atomic E-state index is -3.99. The van der Waals surface area contributed by atoms with E-state index in [0.29, 0.717) is 24.8 Å². The molecule has 15 heteroatoms. The molecular formula is C40H57N5O9S. The number of amides is 3. The van der Waals surface area contributed by atoms with Crippen LogP contribution in [0.2, 0.25) is 0 Å². The predicted molar refractivity (Wildman–Crippen MR) is 207 cm³/mol. The molecule has 2 aliphatic rings. The second kappa shape index (κ2) is 18.5. The van der Waals surface area contributed by atoms with Crippen LogP contribution in [0.25, 0.3) is 0 Å². The largest absolute Gasteiger partial charge is 0.481 e. The van der Waals surface area contributed by atoms with E-state index in [4.69, 9.17) is 4.74 Å². The summed E-state index contributed by atoms with van der Waals surface area (Å²) in [6.45, 7) is 8.98. The lowest BCUT2D eigenvalue weighted by molar-refractivity contribution is -0.154. The third-order valence-corrected chi connectivity index (χ3v) is 12.9. The summed E-state index contributed by atoms with van der Waals surface area (Å²) in [5, 5.41) is 18.0. The van der Waals surface area contributed by atoms with Crippen LogP contribution in [-0.2, 0) is 40.2 Å². The van der Waals surface area contributed by atoms with Crippen LogP contribution in [0.3, 0.4) is 0 Å². The molecule has 0 spiro atoms. The Morgan fingerprint density at radius 3 is 2.22 bits per heavy atom. The second-order valence-corrected chi connectivity index (χ2v) is 19.1. The number of ether oxygens (including phenoxy) is 1. The number of carboxylic acids is 1. The van der Waals surface area contributed by atoms with Crippen LogP contribution in [0.1, 0.15) is 95.5 Å². The Hall–Kier alpha value is -4.37. The molecule has 1 aromatic carbocycles. The summed E-state index contributed by atoms with van der Waals surface area (Å²) >= 11 is 0. The molecule has 2 heterocycles. The standard InChI is InChI=1S/C40H57N5O9S/c1-39(2,3)44-37(50)31-22-27-15-10-11-16-29(27)24-45(31)25-30(32(21-26-13-8-7-9-14-26)54-34(48)19-18-33(46)47)42-38(51)35(40(4,5)55(6,52)53)43-36(49)28-17-12-20-41-23-28/h7-9,12-14,17,20,23,27,29-32,35H,10-11,15-16,18-19,21-22,24-25H2,1-6H3,(H,42,51)(H,43,49)(H,44,50)(H,46,47)/t27-,29+,30+,31-,32-,35+/m0/s1. The average molecular weight is 784 g/mol. The molecule has 1 saturated heterocycles. The fraction of sp³-hybridized carbons (Fsp3) is 0.600. The lowest BCUT2D eigenvalue weighted by atomic mass is 9.72. The maximum atomic E-state index is 14.6. The first kappa shape index (κ1) is 43.4. The summed E-state index contributed by atoms with van der Waals surface area (Å²) in [6, 6.07) is 8.88. The van der Waals surface area contributed by atoms with Crippen molar-refractivity contribution in [2.45, 2.75) is 121 Å². The van der Waals surface area contributed by atoms with Crippen LogP contribution in [0.4, 0.5) is 0 Å². The van der Waals surface area contributed by atoms with E-state index >= 15 is 0 Å². The normalized spacial score (nSPS) is 20.9. The van der Waals surface area contributed by atoms with E-state index in [0.717, 1.165) is 37.5 Å². The van der Waals surface area contributed by atoms with E-state index in [2.05, 4.69) is 20.9 Å². The summed E-state index contributed by atoms with van der Waals surface area (Å²) in [5.74, 6) is -3.08. The van der Waals surface area contributed by atoms with Gasteiger partial charge in [-0.2, -0.15) is 0 Å². The number of benzene rings is 1. The summed E-state index contributed by atoms with van der Waals surface area (Å²) in [6.07, 6.45) is 6.61. The Balaban J connectivity index is 1.79. The molecule has 55 heavy (non-hydrogen) atoms. The van der Waals surface area contributed by atoms with E-state index in [9.17, 15) is 37.5 Å². The van der Waals surface area contributed by atoms with Gasteiger partial charge in [-0.3, -0.25) is 33.9 Å². The minimum absolute atomic E-state index is 0.0312. The van der Waals surface area contributed by atoms with Crippen molar-refractivity contribution in [3.63, 3.8) is 0 Å². The first-order valence-electron chi connectivity index (χ1n) is 19.0. The highest BCUT2D eigenvalue weighted by Gasteiger charge is 2.47. The van der Waals surface area contributed by atoms with E-state index in [-0.39, 0.29) is 24.4 Å². The SMILES string of the molecule is CC(C)(C)NC(=O)[C@@H]1C[C@@H]2CCCC[C@@H]2CN1C[C@@H](NC(=O)[C@@H](NC(=O)c1cccnc1)C(C)(C)S(C)(=O)=O)[C@H](Cc1ccccc1)OC(=O)CCC(=O)O. The average Bonchev–Trinajstić information content (AvgIpc) is 3.11. The van der Waals surface area contributed by atoms with Gasteiger partial charge in [-0.1, -0.05) is 49.6 Å². The lowest BCUT2D eigenvalue weighted by Gasteiger charge is -2.47. The van der Waals surface area contributed by atoms with Crippen LogP contribution in [-0.4, -0.2) is 107 Å². The quantitative estimate of drug-likeness (QED) is 0.182. The molecular weight excluding hydrogens is 727 g/mol. The maximum absolute atomic E-state index is 14.6. The van der Waals surface area contributed by atoms with Crippen molar-refractivity contribution < 1.29 is 42.2 Å². The van der Waals surface area contributed by atoms with E-state index in [1.807, 2.05) is 56.0 Å². The molecule has 2 aromatic rings. The molecule has 0 unspecified atom stereocenters. The summed E-state index contributed by atoms with van der Waals surface area (Å²) in [4.78, 5) is 72.7. The maximum Gasteiger partial charge on any atom is 0.306 e. The van der Waals surface area contributed by atoms with Gasteiger partial charge in [0.25, 0.3) is 5.91 Å². The number of rotatable bonds is 16. The van der Waals surface area contributed by atoms with Gasteiger partial charge in [0, 0.05) is 43.7 Å². The highest BCUT2D eigenvalue weighted by atomic mass is 32.2. The van der Waals surface area contributed by atoms with Crippen LogP contribution in [0.15, 0.2) is 54.9 Å². The molecule has 3 amide bonds. The van der Waals surface area contributed by atoms with Gasteiger partial charge in [0.15, 0.2) is 9.84 Å². The zero-order valence-electron chi connectivity index (χ0n) is 32.7. The van der Waals surface area contributed by atoms with Gasteiger partial charge in [0.2, 0.25) is 11.8 Å². The van der Waals surface area contributed by atoms with Gasteiger partial charge in [0.1, 0.15) is 12.1 Å². The number of aliphatic carboxylic acids is 1. The van der Waals surface area contributed by atoms with E-state index in [1.165, 1.54) is 38.4 Å². The van der Waals surface area contributed by atoms with Gasteiger partial charge in [-0.05, 0) is 77.0 Å². The lowest BCUT2D eigenvalue weighted by Crippen LogP contribution is -2.65. The highest BCUT2D eigenvalue weighted by Crippen LogP contribution is 2.39. The molecule has 1 aliphatic carbocycles. The van der Waals surface area contributed by atoms with Crippen molar-refractivity contribution in [1.82, 2.24) is 25.8 Å². The number of hydrogen-bond donors (Lipinski definition) is 4. The second-order valence-electron chi connectivity index (χ2n) is 16.5. The molecule has 1 aliphatic heterocycles. The van der Waals surface area contributed by atoms with Crippen molar-refractivity contribution in [3.05, 3.63) is 66.0 Å². The first-order valence-corrected chi connectivity index (χ1v) is 20.9. The first-order chi connectivity index (χ1) is 25.7. The van der Waals surface area contributed by atoms with Gasteiger partial charge in [0.05, 0.1) is 35.2 Å². The number of piperidine rings is 1. The number of carboxylic acid groups (broad SMARTS) is 1. The van der Waals surface area contributed by atoms with E-state index < -0.39 is 80.9 Å². The third kappa shape index (κ3) is 12.3. The molecule has 0 radical (unpaired) electrons. The number of esters is 1. The van der Waals surface area contributed by atoms with Crippen LogP contribution >= 0.6 is 0 Å². The number of pyridine rings is 1. The molecule has 14 nitrogen and oxygen atoms in total. The Kier molecular flexibility index (Phi) is 14.6. The van der Waals surface area contributed by atoms with Gasteiger partial charge in [-0.15, -0.1) is 0 Å². The third-order valence-electron chi connectivity index (χ3n) is 10.7. The molecule has 0 bridgehead atoms. The van der Waals surface area contributed by atoms with Gasteiger partial charge >= 0.3 is 11.9 Å². The van der Waals surface area contributed by atoms with Crippen molar-refractivity contribution in [3.8, 4) is 0 Å². The van der Waals surface area contributed by atoms with Gasteiger partial charge < -0.3 is 25.8 Å². The van der Waals surface area contributed by atoms with Crippen molar-refractivity contribution >= 4 is 39.5 Å². The monoisotopic (exact) mass is 783 g/mol. The Labute approximate surface area is 324 Å². The fourth-order valence-corrected chi connectivity index (χ4v) is 8.03.